The van der Waals surface area contributed by atoms with Gasteiger partial charge in [-0.2, -0.15) is 8.78 Å². The highest BCUT2D eigenvalue weighted by Crippen LogP contribution is 2.30. The van der Waals surface area contributed by atoms with Crippen molar-refractivity contribution in [3.05, 3.63) is 53.5 Å². The second kappa shape index (κ2) is 7.87. The number of rotatable bonds is 6. The van der Waals surface area contributed by atoms with Crippen LogP contribution in [0.1, 0.15) is 10.4 Å². The van der Waals surface area contributed by atoms with E-state index >= 15 is 0 Å². The number of nitrogens with zero attached hydrogens (tertiary/aromatic N) is 2. The lowest BCUT2D eigenvalue weighted by molar-refractivity contribution is -0.0512. The Bertz CT molecular complexity index is 903. The maximum absolute atomic E-state index is 12.5. The van der Waals surface area contributed by atoms with Crippen LogP contribution in [-0.4, -0.2) is 29.6 Å². The van der Waals surface area contributed by atoms with E-state index in [-0.39, 0.29) is 17.1 Å². The minimum Gasteiger partial charge on any atom is -0.493 e. The van der Waals surface area contributed by atoms with Crippen LogP contribution in [0.3, 0.4) is 0 Å². The summed E-state index contributed by atoms with van der Waals surface area (Å²) < 4.78 is 34.3. The zero-order valence-electron chi connectivity index (χ0n) is 13.5. The molecule has 0 fully saturated rings. The zero-order valence-corrected chi connectivity index (χ0v) is 14.3. The van der Waals surface area contributed by atoms with Crippen LogP contribution in [-0.2, 0) is 0 Å². The maximum atomic E-state index is 12.5. The topological polar surface area (TPSA) is 73.3 Å². The smallest absolute Gasteiger partial charge is 0.387 e. The molecule has 0 saturated heterocycles. The summed E-state index contributed by atoms with van der Waals surface area (Å²) in [6, 6.07) is 9.45. The number of hydrogen-bond donors (Lipinski definition) is 1. The normalized spacial score (nSPS) is 10.6. The fraction of sp³-hybridized carbons (Fsp3) is 0.118. The molecule has 0 radical (unpaired) electrons. The SMILES string of the molecule is COc1ccc(C(=O)Nc2nc(-c3ccccn3)cs2)cc1OC(F)F. The van der Waals surface area contributed by atoms with E-state index in [1.54, 1.807) is 23.7 Å². The molecule has 0 aliphatic heterocycles. The summed E-state index contributed by atoms with van der Waals surface area (Å²) in [7, 11) is 1.32. The highest BCUT2D eigenvalue weighted by Gasteiger charge is 2.16. The Labute approximate surface area is 151 Å². The third kappa shape index (κ3) is 4.12. The van der Waals surface area contributed by atoms with Gasteiger partial charge in [0.15, 0.2) is 16.6 Å². The van der Waals surface area contributed by atoms with Gasteiger partial charge in [-0.3, -0.25) is 15.1 Å². The summed E-state index contributed by atoms with van der Waals surface area (Å²) in [4.78, 5) is 20.8. The van der Waals surface area contributed by atoms with Crippen LogP contribution in [0.15, 0.2) is 48.0 Å². The first-order valence-corrected chi connectivity index (χ1v) is 8.26. The quantitative estimate of drug-likeness (QED) is 0.701. The Morgan fingerprint density at radius 2 is 2.04 bits per heavy atom. The number of alkyl halides is 2. The minimum atomic E-state index is -3.03. The molecule has 0 atom stereocenters. The molecule has 0 spiro atoms. The first-order valence-electron chi connectivity index (χ1n) is 7.38. The molecular formula is C17H13F2N3O3S. The third-order valence-electron chi connectivity index (χ3n) is 3.29. The second-order valence-electron chi connectivity index (χ2n) is 4.95. The van der Waals surface area contributed by atoms with Crippen molar-refractivity contribution < 1.29 is 23.0 Å². The van der Waals surface area contributed by atoms with Gasteiger partial charge in [0.05, 0.1) is 12.8 Å². The van der Waals surface area contributed by atoms with Gasteiger partial charge in [-0.15, -0.1) is 11.3 Å². The molecule has 1 aromatic carbocycles. The summed E-state index contributed by atoms with van der Waals surface area (Å²) in [5.41, 5.74) is 1.44. The predicted molar refractivity (Wildman–Crippen MR) is 92.9 cm³/mol. The molecule has 26 heavy (non-hydrogen) atoms. The first-order chi connectivity index (χ1) is 12.6. The van der Waals surface area contributed by atoms with Crippen molar-refractivity contribution in [2.75, 3.05) is 12.4 Å². The minimum absolute atomic E-state index is 0.105. The van der Waals surface area contributed by atoms with Crippen LogP contribution in [0.2, 0.25) is 0 Å². The molecule has 0 unspecified atom stereocenters. The molecule has 2 aromatic heterocycles. The van der Waals surface area contributed by atoms with Gasteiger partial charge in [0.25, 0.3) is 5.91 Å². The number of carbonyl (C=O) groups is 1. The van der Waals surface area contributed by atoms with Crippen LogP contribution in [0.5, 0.6) is 11.5 Å². The maximum Gasteiger partial charge on any atom is 0.387 e. The molecule has 134 valence electrons. The van der Waals surface area contributed by atoms with Crippen molar-refractivity contribution in [3.63, 3.8) is 0 Å². The van der Waals surface area contributed by atoms with Crippen LogP contribution < -0.4 is 14.8 Å². The Hall–Kier alpha value is -3.07. The van der Waals surface area contributed by atoms with Crippen LogP contribution >= 0.6 is 11.3 Å². The number of methoxy groups -OCH3 is 1. The summed E-state index contributed by atoms with van der Waals surface area (Å²) in [5.74, 6) is -0.620. The number of carbonyl (C=O) groups excluding carboxylic acids is 1. The van der Waals surface area contributed by atoms with Gasteiger partial charge in [-0.25, -0.2) is 4.98 Å². The van der Waals surface area contributed by atoms with Crippen molar-refractivity contribution in [2.24, 2.45) is 0 Å². The van der Waals surface area contributed by atoms with Crippen LogP contribution in [0, 0.1) is 0 Å². The molecule has 2 heterocycles. The standard InChI is InChI=1S/C17H13F2N3O3S/c1-24-13-6-5-10(8-14(13)25-16(18)19)15(23)22-17-21-12(9-26-17)11-4-2-3-7-20-11/h2-9,16H,1H3,(H,21,22,23). The highest BCUT2D eigenvalue weighted by molar-refractivity contribution is 7.14. The zero-order chi connectivity index (χ0) is 18.5. The molecule has 0 saturated carbocycles. The van der Waals surface area contributed by atoms with Gasteiger partial charge >= 0.3 is 6.61 Å². The fourth-order valence-corrected chi connectivity index (χ4v) is 2.84. The Kier molecular flexibility index (Phi) is 5.37. The van der Waals surface area contributed by atoms with Crippen LogP contribution in [0.4, 0.5) is 13.9 Å². The van der Waals surface area contributed by atoms with Gasteiger partial charge < -0.3 is 9.47 Å². The number of thiazole rings is 1. The molecule has 0 bridgehead atoms. The lowest BCUT2D eigenvalue weighted by atomic mass is 10.2. The Balaban J connectivity index is 1.77. The van der Waals surface area contributed by atoms with Gasteiger partial charge in [-0.1, -0.05) is 6.07 Å². The number of benzene rings is 1. The van der Waals surface area contributed by atoms with E-state index in [1.807, 2.05) is 6.07 Å². The number of amides is 1. The van der Waals surface area contributed by atoms with Gasteiger partial charge in [0.1, 0.15) is 5.69 Å². The van der Waals surface area contributed by atoms with Gasteiger partial charge in [0, 0.05) is 17.1 Å². The molecule has 0 aliphatic carbocycles. The monoisotopic (exact) mass is 377 g/mol. The fourth-order valence-electron chi connectivity index (χ4n) is 2.14. The number of anilines is 1. The van der Waals surface area contributed by atoms with E-state index in [1.165, 1.54) is 36.6 Å². The second-order valence-corrected chi connectivity index (χ2v) is 5.81. The number of hydrogen-bond acceptors (Lipinski definition) is 6. The predicted octanol–water partition coefficient (Wildman–Crippen LogP) is 4.07. The molecule has 3 rings (SSSR count). The molecular weight excluding hydrogens is 364 g/mol. The highest BCUT2D eigenvalue weighted by atomic mass is 32.1. The van der Waals surface area contributed by atoms with E-state index in [4.69, 9.17) is 4.74 Å². The van der Waals surface area contributed by atoms with Crippen molar-refractivity contribution in [2.45, 2.75) is 6.61 Å². The lowest BCUT2D eigenvalue weighted by Crippen LogP contribution is -2.12. The number of pyridine rings is 1. The lowest BCUT2D eigenvalue weighted by Gasteiger charge is -2.11. The third-order valence-corrected chi connectivity index (χ3v) is 4.05. The van der Waals surface area contributed by atoms with E-state index < -0.39 is 12.5 Å². The summed E-state index contributed by atoms with van der Waals surface area (Å²) in [6.07, 6.45) is 1.65. The number of halogens is 2. The van der Waals surface area contributed by atoms with Crippen molar-refractivity contribution in [3.8, 4) is 22.9 Å². The largest absolute Gasteiger partial charge is 0.493 e. The molecule has 3 aromatic rings. The van der Waals surface area contributed by atoms with E-state index in [2.05, 4.69) is 20.0 Å². The Morgan fingerprint density at radius 3 is 2.73 bits per heavy atom. The first kappa shape index (κ1) is 17.7. The summed E-state index contributed by atoms with van der Waals surface area (Å²) >= 11 is 1.23. The number of aromatic nitrogens is 2. The summed E-state index contributed by atoms with van der Waals surface area (Å²) in [6.45, 7) is -3.03. The van der Waals surface area contributed by atoms with E-state index in [0.29, 0.717) is 16.5 Å². The molecule has 1 amide bonds. The van der Waals surface area contributed by atoms with E-state index in [0.717, 1.165) is 0 Å². The average molecular weight is 377 g/mol. The van der Waals surface area contributed by atoms with Gasteiger partial charge in [0.2, 0.25) is 0 Å². The molecule has 6 nitrogen and oxygen atoms in total. The van der Waals surface area contributed by atoms with Gasteiger partial charge in [-0.05, 0) is 30.3 Å². The van der Waals surface area contributed by atoms with Crippen molar-refractivity contribution in [1.82, 2.24) is 9.97 Å². The Morgan fingerprint density at radius 1 is 1.19 bits per heavy atom. The average Bonchev–Trinajstić information content (AvgIpc) is 3.10. The van der Waals surface area contributed by atoms with E-state index in [9.17, 15) is 13.6 Å². The van der Waals surface area contributed by atoms with Crippen LogP contribution in [0.25, 0.3) is 11.4 Å². The number of ether oxygens (including phenoxy) is 2. The molecule has 0 aliphatic rings. The van der Waals surface area contributed by atoms with Crippen molar-refractivity contribution >= 4 is 22.4 Å². The molecule has 9 heteroatoms. The number of nitrogens with one attached hydrogen (secondary N) is 1. The molecule has 1 N–H and O–H groups in total. The summed E-state index contributed by atoms with van der Waals surface area (Å²) in [5, 5.41) is 4.75. The van der Waals surface area contributed by atoms with Crippen molar-refractivity contribution in [1.29, 1.82) is 0 Å².